The molecule has 1 aromatic heterocycles. The van der Waals surface area contributed by atoms with Crippen molar-refractivity contribution in [3.63, 3.8) is 0 Å². The number of fused-ring (bicyclic) bond motifs is 1. The molecule has 0 saturated heterocycles. The molecule has 2 nitrogen and oxygen atoms in total. The molecule has 19 heavy (non-hydrogen) atoms. The van der Waals surface area contributed by atoms with E-state index in [1.807, 2.05) is 49.5 Å². The molecule has 96 valence electrons. The molecule has 0 saturated carbocycles. The molecule has 3 aromatic rings. The Hall–Kier alpha value is -1.93. The summed E-state index contributed by atoms with van der Waals surface area (Å²) in [5.41, 5.74) is 2.23. The molecule has 0 unspecified atom stereocenters. The van der Waals surface area contributed by atoms with E-state index in [4.69, 9.17) is 16.3 Å². The predicted molar refractivity (Wildman–Crippen MR) is 78.7 cm³/mol. The summed E-state index contributed by atoms with van der Waals surface area (Å²) in [6, 6.07) is 17.8. The number of para-hydroxylation sites is 1. The van der Waals surface area contributed by atoms with Gasteiger partial charge >= 0.3 is 0 Å². The van der Waals surface area contributed by atoms with Crippen LogP contribution < -0.4 is 4.74 Å². The fourth-order valence-electron chi connectivity index (χ4n) is 2.19. The van der Waals surface area contributed by atoms with Crippen molar-refractivity contribution >= 4 is 22.5 Å². The average molecular weight is 272 g/mol. The minimum absolute atomic E-state index is 0.533. The zero-order valence-corrected chi connectivity index (χ0v) is 11.4. The van der Waals surface area contributed by atoms with Gasteiger partial charge in [0.05, 0.1) is 5.69 Å². The highest BCUT2D eigenvalue weighted by Crippen LogP contribution is 2.26. The van der Waals surface area contributed by atoms with E-state index >= 15 is 0 Å². The molecule has 3 rings (SSSR count). The van der Waals surface area contributed by atoms with Crippen molar-refractivity contribution in [1.29, 1.82) is 0 Å². The van der Waals surface area contributed by atoms with Crippen molar-refractivity contribution in [2.24, 2.45) is 7.05 Å². The highest BCUT2D eigenvalue weighted by molar-refractivity contribution is 6.35. The second kappa shape index (κ2) is 4.98. The topological polar surface area (TPSA) is 14.2 Å². The van der Waals surface area contributed by atoms with E-state index in [1.165, 1.54) is 0 Å². The Kier molecular flexibility index (Phi) is 3.18. The Bertz CT molecular complexity index is 703. The Morgan fingerprint density at radius 3 is 2.58 bits per heavy atom. The van der Waals surface area contributed by atoms with Gasteiger partial charge in [0.25, 0.3) is 0 Å². The van der Waals surface area contributed by atoms with Crippen molar-refractivity contribution in [2.45, 2.75) is 6.61 Å². The smallest absolute Gasteiger partial charge is 0.128 e. The maximum atomic E-state index is 6.21. The standard InChI is InChI=1S/C16H14ClNO/c1-18-12(11-19-13-6-3-2-4-7-13)10-14-15(17)8-5-9-16(14)18/h2-10H,11H2,1H3. The highest BCUT2D eigenvalue weighted by Gasteiger charge is 2.08. The summed E-state index contributed by atoms with van der Waals surface area (Å²) in [5, 5.41) is 1.84. The number of hydrogen-bond acceptors (Lipinski definition) is 1. The molecule has 0 aliphatic rings. The van der Waals surface area contributed by atoms with Gasteiger partial charge in [-0.05, 0) is 30.3 Å². The largest absolute Gasteiger partial charge is 0.487 e. The Balaban J connectivity index is 1.89. The molecular weight excluding hydrogens is 258 g/mol. The van der Waals surface area contributed by atoms with Crippen LogP contribution in [0.5, 0.6) is 5.75 Å². The average Bonchev–Trinajstić information content (AvgIpc) is 2.77. The number of ether oxygens (including phenoxy) is 1. The maximum absolute atomic E-state index is 6.21. The molecule has 0 N–H and O–H groups in total. The van der Waals surface area contributed by atoms with Crippen LogP contribution in [0, 0.1) is 0 Å². The molecule has 0 aliphatic carbocycles. The SMILES string of the molecule is Cn1c(COc2ccccc2)cc2c(Cl)cccc21. The van der Waals surface area contributed by atoms with Gasteiger partial charge in [-0.15, -0.1) is 0 Å². The van der Waals surface area contributed by atoms with Gasteiger partial charge in [-0.25, -0.2) is 0 Å². The van der Waals surface area contributed by atoms with E-state index < -0.39 is 0 Å². The third-order valence-corrected chi connectivity index (χ3v) is 3.59. The number of aryl methyl sites for hydroxylation is 1. The van der Waals surface area contributed by atoms with Crippen LogP contribution >= 0.6 is 11.6 Å². The molecule has 0 bridgehead atoms. The van der Waals surface area contributed by atoms with E-state index in [0.29, 0.717) is 6.61 Å². The van der Waals surface area contributed by atoms with Crippen LogP contribution in [0.15, 0.2) is 54.6 Å². The van der Waals surface area contributed by atoms with Crippen LogP contribution in [-0.4, -0.2) is 4.57 Å². The van der Waals surface area contributed by atoms with Crippen LogP contribution in [0.4, 0.5) is 0 Å². The molecule has 0 aliphatic heterocycles. The maximum Gasteiger partial charge on any atom is 0.128 e. The summed E-state index contributed by atoms with van der Waals surface area (Å²) >= 11 is 6.21. The van der Waals surface area contributed by atoms with Gasteiger partial charge in [0.1, 0.15) is 12.4 Å². The number of hydrogen-bond donors (Lipinski definition) is 0. The quantitative estimate of drug-likeness (QED) is 0.688. The zero-order valence-electron chi connectivity index (χ0n) is 10.6. The molecule has 0 radical (unpaired) electrons. The zero-order chi connectivity index (χ0) is 13.2. The second-order valence-electron chi connectivity index (χ2n) is 4.47. The molecule has 2 aromatic carbocycles. The van der Waals surface area contributed by atoms with Crippen molar-refractivity contribution in [1.82, 2.24) is 4.57 Å². The lowest BCUT2D eigenvalue weighted by Crippen LogP contribution is -2.01. The van der Waals surface area contributed by atoms with Gasteiger partial charge in [-0.3, -0.25) is 0 Å². The van der Waals surface area contributed by atoms with E-state index in [-0.39, 0.29) is 0 Å². The Morgan fingerprint density at radius 2 is 1.84 bits per heavy atom. The van der Waals surface area contributed by atoms with Gasteiger partial charge in [-0.2, -0.15) is 0 Å². The molecule has 3 heteroatoms. The minimum atomic E-state index is 0.533. The summed E-state index contributed by atoms with van der Waals surface area (Å²) in [4.78, 5) is 0. The Morgan fingerprint density at radius 1 is 1.05 bits per heavy atom. The normalized spacial score (nSPS) is 10.8. The monoisotopic (exact) mass is 271 g/mol. The number of aromatic nitrogens is 1. The van der Waals surface area contributed by atoms with Crippen LogP contribution in [0.3, 0.4) is 0 Å². The molecule has 0 amide bonds. The van der Waals surface area contributed by atoms with Crippen molar-refractivity contribution in [3.8, 4) is 5.75 Å². The summed E-state index contributed by atoms with van der Waals surface area (Å²) in [6.45, 7) is 0.533. The predicted octanol–water partition coefficient (Wildman–Crippen LogP) is 4.41. The number of benzene rings is 2. The van der Waals surface area contributed by atoms with E-state index in [9.17, 15) is 0 Å². The first kappa shape index (κ1) is 12.1. The van der Waals surface area contributed by atoms with Crippen molar-refractivity contribution < 1.29 is 4.74 Å². The van der Waals surface area contributed by atoms with E-state index in [1.54, 1.807) is 0 Å². The first-order valence-corrected chi connectivity index (χ1v) is 6.54. The summed E-state index contributed by atoms with van der Waals surface area (Å²) in [5.74, 6) is 0.874. The third-order valence-electron chi connectivity index (χ3n) is 3.26. The van der Waals surface area contributed by atoms with Crippen molar-refractivity contribution in [3.05, 3.63) is 65.3 Å². The van der Waals surface area contributed by atoms with Crippen LogP contribution in [0.25, 0.3) is 10.9 Å². The molecular formula is C16H14ClNO. The van der Waals surface area contributed by atoms with Gasteiger partial charge in [-0.1, -0.05) is 35.9 Å². The molecule has 0 spiro atoms. The summed E-state index contributed by atoms with van der Waals surface area (Å²) in [7, 11) is 2.03. The molecule has 0 fully saturated rings. The van der Waals surface area contributed by atoms with Gasteiger partial charge in [0.2, 0.25) is 0 Å². The first-order valence-electron chi connectivity index (χ1n) is 6.16. The summed E-state index contributed by atoms with van der Waals surface area (Å²) < 4.78 is 7.89. The van der Waals surface area contributed by atoms with Crippen LogP contribution in [0.1, 0.15) is 5.69 Å². The van der Waals surface area contributed by atoms with Gasteiger partial charge in [0.15, 0.2) is 0 Å². The molecule has 1 heterocycles. The fourth-order valence-corrected chi connectivity index (χ4v) is 2.42. The van der Waals surface area contributed by atoms with E-state index in [2.05, 4.69) is 16.7 Å². The lowest BCUT2D eigenvalue weighted by molar-refractivity contribution is 0.298. The van der Waals surface area contributed by atoms with Crippen molar-refractivity contribution in [2.75, 3.05) is 0 Å². The number of rotatable bonds is 3. The third kappa shape index (κ3) is 2.32. The molecule has 0 atom stereocenters. The minimum Gasteiger partial charge on any atom is -0.487 e. The van der Waals surface area contributed by atoms with Gasteiger partial charge < -0.3 is 9.30 Å². The van der Waals surface area contributed by atoms with E-state index in [0.717, 1.165) is 27.4 Å². The lowest BCUT2D eigenvalue weighted by Gasteiger charge is -2.07. The van der Waals surface area contributed by atoms with Crippen LogP contribution in [0.2, 0.25) is 5.02 Å². The fraction of sp³-hybridized carbons (Fsp3) is 0.125. The Labute approximate surface area is 117 Å². The van der Waals surface area contributed by atoms with Gasteiger partial charge in [0, 0.05) is 23.0 Å². The summed E-state index contributed by atoms with van der Waals surface area (Å²) in [6.07, 6.45) is 0. The number of halogens is 1. The first-order chi connectivity index (χ1) is 9.25. The van der Waals surface area contributed by atoms with Crippen LogP contribution in [-0.2, 0) is 13.7 Å². The second-order valence-corrected chi connectivity index (χ2v) is 4.88. The lowest BCUT2D eigenvalue weighted by atomic mass is 10.2. The number of nitrogens with zero attached hydrogens (tertiary/aromatic N) is 1. The highest BCUT2D eigenvalue weighted by atomic mass is 35.5.